The van der Waals surface area contributed by atoms with E-state index in [1.165, 1.54) is 0 Å². The smallest absolute Gasteiger partial charge is 0.125 e. The summed E-state index contributed by atoms with van der Waals surface area (Å²) in [6, 6.07) is 1.78. The van der Waals surface area contributed by atoms with Gasteiger partial charge in [0, 0.05) is 6.20 Å². The molecule has 3 heteroatoms. The summed E-state index contributed by atoms with van der Waals surface area (Å²) in [5.41, 5.74) is 6.69. The van der Waals surface area contributed by atoms with Gasteiger partial charge in [-0.15, -0.1) is 6.58 Å². The zero-order chi connectivity index (χ0) is 8.97. The highest BCUT2D eigenvalue weighted by molar-refractivity contribution is 5.07. The molecule has 0 saturated heterocycles. The number of aromatic nitrogens is 2. The Balaban J connectivity index is 2.80. The first kappa shape index (κ1) is 8.87. The van der Waals surface area contributed by atoms with Gasteiger partial charge in [-0.1, -0.05) is 6.08 Å². The van der Waals surface area contributed by atoms with Crippen LogP contribution in [0.4, 0.5) is 0 Å². The minimum atomic E-state index is -0.0517. The van der Waals surface area contributed by atoms with Gasteiger partial charge in [0.05, 0.1) is 11.7 Å². The van der Waals surface area contributed by atoms with Gasteiger partial charge in [-0.2, -0.15) is 0 Å². The molecule has 1 aromatic heterocycles. The van der Waals surface area contributed by atoms with Crippen molar-refractivity contribution in [2.24, 2.45) is 5.73 Å². The Kier molecular flexibility index (Phi) is 2.94. The maximum atomic E-state index is 5.81. The fourth-order valence-electron chi connectivity index (χ4n) is 0.981. The molecular formula is C9H13N3. The van der Waals surface area contributed by atoms with Crippen LogP contribution in [0.15, 0.2) is 24.9 Å². The minimum Gasteiger partial charge on any atom is -0.322 e. The molecule has 0 spiro atoms. The third kappa shape index (κ3) is 2.13. The van der Waals surface area contributed by atoms with Gasteiger partial charge in [0.2, 0.25) is 0 Å². The van der Waals surface area contributed by atoms with E-state index in [4.69, 9.17) is 5.73 Å². The van der Waals surface area contributed by atoms with Crippen LogP contribution in [-0.2, 0) is 0 Å². The monoisotopic (exact) mass is 163 g/mol. The normalized spacial score (nSPS) is 12.5. The number of nitrogens with two attached hydrogens (primary N) is 1. The van der Waals surface area contributed by atoms with Crippen LogP contribution in [0.1, 0.15) is 24.0 Å². The highest BCUT2D eigenvalue weighted by Gasteiger charge is 2.04. The molecule has 0 amide bonds. The van der Waals surface area contributed by atoms with Gasteiger partial charge < -0.3 is 5.73 Å². The van der Waals surface area contributed by atoms with Gasteiger partial charge in [0.1, 0.15) is 5.82 Å². The highest BCUT2D eigenvalue weighted by atomic mass is 14.9. The molecule has 0 aliphatic rings. The van der Waals surface area contributed by atoms with E-state index in [1.54, 1.807) is 12.3 Å². The van der Waals surface area contributed by atoms with Crippen molar-refractivity contribution >= 4 is 0 Å². The Morgan fingerprint density at radius 1 is 1.75 bits per heavy atom. The summed E-state index contributed by atoms with van der Waals surface area (Å²) in [6.07, 6.45) is 4.26. The summed E-state index contributed by atoms with van der Waals surface area (Å²) in [5.74, 6) is 0.756. The predicted molar refractivity (Wildman–Crippen MR) is 48.5 cm³/mol. The van der Waals surface area contributed by atoms with Gasteiger partial charge in [0.15, 0.2) is 0 Å². The molecule has 12 heavy (non-hydrogen) atoms. The fraction of sp³-hybridized carbons (Fsp3) is 0.333. The zero-order valence-corrected chi connectivity index (χ0v) is 7.20. The van der Waals surface area contributed by atoms with E-state index in [0.717, 1.165) is 17.9 Å². The Hall–Kier alpha value is -1.22. The summed E-state index contributed by atoms with van der Waals surface area (Å²) in [4.78, 5) is 8.20. The van der Waals surface area contributed by atoms with E-state index >= 15 is 0 Å². The molecule has 0 aliphatic heterocycles. The molecule has 1 heterocycles. The fourth-order valence-corrected chi connectivity index (χ4v) is 0.981. The number of aryl methyl sites for hydroxylation is 1. The molecule has 3 nitrogen and oxygen atoms in total. The summed E-state index contributed by atoms with van der Waals surface area (Å²) < 4.78 is 0. The van der Waals surface area contributed by atoms with Crippen LogP contribution in [0.25, 0.3) is 0 Å². The largest absolute Gasteiger partial charge is 0.322 e. The van der Waals surface area contributed by atoms with Crippen molar-refractivity contribution in [3.8, 4) is 0 Å². The van der Waals surface area contributed by atoms with Gasteiger partial charge in [0.25, 0.3) is 0 Å². The lowest BCUT2D eigenvalue weighted by molar-refractivity contribution is 0.704. The summed E-state index contributed by atoms with van der Waals surface area (Å²) in [6.45, 7) is 5.48. The minimum absolute atomic E-state index is 0.0517. The average Bonchev–Trinajstić information content (AvgIpc) is 2.05. The molecule has 1 aromatic rings. The Labute approximate surface area is 72.3 Å². The van der Waals surface area contributed by atoms with Gasteiger partial charge in [-0.25, -0.2) is 9.97 Å². The van der Waals surface area contributed by atoms with E-state index in [0.29, 0.717) is 0 Å². The average molecular weight is 163 g/mol. The van der Waals surface area contributed by atoms with Crippen LogP contribution in [-0.4, -0.2) is 9.97 Å². The van der Waals surface area contributed by atoms with Crippen LogP contribution < -0.4 is 5.73 Å². The van der Waals surface area contributed by atoms with E-state index in [-0.39, 0.29) is 6.04 Å². The molecule has 0 aromatic carbocycles. The molecule has 1 rings (SSSR count). The number of hydrogen-bond acceptors (Lipinski definition) is 3. The second-order valence-electron chi connectivity index (χ2n) is 2.66. The van der Waals surface area contributed by atoms with Crippen molar-refractivity contribution < 1.29 is 0 Å². The van der Waals surface area contributed by atoms with E-state index in [1.807, 2.05) is 13.0 Å². The summed E-state index contributed by atoms with van der Waals surface area (Å²) >= 11 is 0. The first-order valence-corrected chi connectivity index (χ1v) is 3.90. The molecule has 1 atom stereocenters. The summed E-state index contributed by atoms with van der Waals surface area (Å²) in [7, 11) is 0. The van der Waals surface area contributed by atoms with Gasteiger partial charge >= 0.3 is 0 Å². The van der Waals surface area contributed by atoms with Crippen molar-refractivity contribution in [1.29, 1.82) is 0 Å². The third-order valence-corrected chi connectivity index (χ3v) is 1.60. The predicted octanol–water partition coefficient (Wildman–Crippen LogP) is 1.36. The van der Waals surface area contributed by atoms with Crippen molar-refractivity contribution in [1.82, 2.24) is 9.97 Å². The quantitative estimate of drug-likeness (QED) is 0.684. The maximum absolute atomic E-state index is 5.81. The Morgan fingerprint density at radius 3 is 3.08 bits per heavy atom. The van der Waals surface area contributed by atoms with E-state index < -0.39 is 0 Å². The molecule has 0 fully saturated rings. The topological polar surface area (TPSA) is 51.8 Å². The van der Waals surface area contributed by atoms with Crippen LogP contribution in [0.5, 0.6) is 0 Å². The van der Waals surface area contributed by atoms with Crippen LogP contribution in [0, 0.1) is 6.92 Å². The highest BCUT2D eigenvalue weighted by Crippen LogP contribution is 2.10. The molecule has 64 valence electrons. The molecule has 0 saturated carbocycles. The number of hydrogen-bond donors (Lipinski definition) is 1. The zero-order valence-electron chi connectivity index (χ0n) is 7.20. The lowest BCUT2D eigenvalue weighted by Gasteiger charge is -2.07. The van der Waals surface area contributed by atoms with Crippen molar-refractivity contribution in [3.05, 3.63) is 36.4 Å². The first-order valence-electron chi connectivity index (χ1n) is 3.90. The van der Waals surface area contributed by atoms with Crippen LogP contribution >= 0.6 is 0 Å². The molecule has 0 aliphatic carbocycles. The Morgan fingerprint density at radius 2 is 2.50 bits per heavy atom. The van der Waals surface area contributed by atoms with Crippen LogP contribution in [0.3, 0.4) is 0 Å². The lowest BCUT2D eigenvalue weighted by Crippen LogP contribution is -2.11. The van der Waals surface area contributed by atoms with Gasteiger partial charge in [-0.3, -0.25) is 0 Å². The third-order valence-electron chi connectivity index (χ3n) is 1.60. The maximum Gasteiger partial charge on any atom is 0.125 e. The first-order chi connectivity index (χ1) is 5.74. The number of nitrogens with zero attached hydrogens (tertiary/aromatic N) is 2. The molecule has 0 bridgehead atoms. The second-order valence-corrected chi connectivity index (χ2v) is 2.66. The summed E-state index contributed by atoms with van der Waals surface area (Å²) in [5, 5.41) is 0. The standard InChI is InChI=1S/C9H13N3/c1-3-4-8(10)9-5-6-11-7(2)12-9/h3,5-6,8H,1,4,10H2,2H3. The second kappa shape index (κ2) is 3.97. The lowest BCUT2D eigenvalue weighted by atomic mass is 10.1. The molecular weight excluding hydrogens is 150 g/mol. The SMILES string of the molecule is C=CCC(N)c1ccnc(C)n1. The van der Waals surface area contributed by atoms with E-state index in [9.17, 15) is 0 Å². The Bertz CT molecular complexity index is 270. The van der Waals surface area contributed by atoms with Crippen molar-refractivity contribution in [3.63, 3.8) is 0 Å². The van der Waals surface area contributed by atoms with Gasteiger partial charge in [-0.05, 0) is 19.4 Å². The molecule has 1 unspecified atom stereocenters. The number of rotatable bonds is 3. The van der Waals surface area contributed by atoms with Crippen molar-refractivity contribution in [2.45, 2.75) is 19.4 Å². The van der Waals surface area contributed by atoms with Crippen molar-refractivity contribution in [2.75, 3.05) is 0 Å². The molecule has 0 radical (unpaired) electrons. The van der Waals surface area contributed by atoms with Crippen LogP contribution in [0.2, 0.25) is 0 Å². The molecule has 2 N–H and O–H groups in total. The van der Waals surface area contributed by atoms with E-state index in [2.05, 4.69) is 16.5 Å².